The third-order valence-electron chi connectivity index (χ3n) is 4.42. The van der Waals surface area contributed by atoms with Crippen molar-refractivity contribution in [3.8, 4) is 23.5 Å². The Balaban J connectivity index is 1.61. The van der Waals surface area contributed by atoms with Crippen molar-refractivity contribution in [2.75, 3.05) is 26.3 Å². The van der Waals surface area contributed by atoms with Gasteiger partial charge < -0.3 is 9.64 Å². The molecule has 0 atom stereocenters. The van der Waals surface area contributed by atoms with Crippen LogP contribution in [0.25, 0.3) is 16.8 Å². The third kappa shape index (κ3) is 2.88. The number of benzene rings is 1. The van der Waals surface area contributed by atoms with Crippen LogP contribution in [-0.2, 0) is 4.74 Å². The largest absolute Gasteiger partial charge is 0.378 e. The second-order valence-corrected chi connectivity index (χ2v) is 5.92. The summed E-state index contributed by atoms with van der Waals surface area (Å²) >= 11 is 0. The zero-order valence-corrected chi connectivity index (χ0v) is 13.7. The molecule has 0 bridgehead atoms. The molecule has 0 spiro atoms. The number of rotatable bonds is 2. The molecule has 0 unspecified atom stereocenters. The monoisotopic (exact) mass is 331 g/mol. The summed E-state index contributed by atoms with van der Waals surface area (Å²) in [7, 11) is 0. The van der Waals surface area contributed by atoms with Crippen molar-refractivity contribution in [2.24, 2.45) is 0 Å². The molecule has 4 rings (SSSR count). The molecular formula is C20H17N3O2. The van der Waals surface area contributed by atoms with Crippen LogP contribution in [0.1, 0.15) is 16.1 Å². The lowest BCUT2D eigenvalue weighted by Crippen LogP contribution is -2.40. The summed E-state index contributed by atoms with van der Waals surface area (Å²) in [5.41, 5.74) is 4.27. The molecule has 3 heterocycles. The van der Waals surface area contributed by atoms with Crippen molar-refractivity contribution < 1.29 is 9.53 Å². The van der Waals surface area contributed by atoms with Gasteiger partial charge in [0.2, 0.25) is 0 Å². The number of pyridine rings is 1. The van der Waals surface area contributed by atoms with Gasteiger partial charge in [-0.05, 0) is 35.4 Å². The molecule has 1 aromatic carbocycles. The minimum absolute atomic E-state index is 0.0505. The second-order valence-electron chi connectivity index (χ2n) is 5.92. The fourth-order valence-corrected chi connectivity index (χ4v) is 3.01. The molecule has 1 fully saturated rings. The van der Waals surface area contributed by atoms with E-state index < -0.39 is 0 Å². The van der Waals surface area contributed by atoms with Crippen LogP contribution in [-0.4, -0.2) is 46.5 Å². The van der Waals surface area contributed by atoms with Crippen LogP contribution >= 0.6 is 0 Å². The maximum atomic E-state index is 12.5. The molecule has 1 saturated heterocycles. The van der Waals surface area contributed by atoms with E-state index in [2.05, 4.69) is 10.9 Å². The minimum Gasteiger partial charge on any atom is -0.378 e. The summed E-state index contributed by atoms with van der Waals surface area (Å²) in [6.45, 7) is 2.50. The number of carbonyl (C=O) groups excluding carboxylic acids is 1. The summed E-state index contributed by atoms with van der Waals surface area (Å²) in [6.07, 6.45) is 9.16. The molecule has 2 aromatic heterocycles. The van der Waals surface area contributed by atoms with Crippen molar-refractivity contribution in [3.63, 3.8) is 0 Å². The molecule has 0 aliphatic carbocycles. The lowest BCUT2D eigenvalue weighted by molar-refractivity contribution is 0.0303. The first-order valence-electron chi connectivity index (χ1n) is 8.17. The summed E-state index contributed by atoms with van der Waals surface area (Å²) < 4.78 is 7.19. The molecule has 1 amide bonds. The van der Waals surface area contributed by atoms with E-state index in [0.717, 1.165) is 22.5 Å². The predicted molar refractivity (Wildman–Crippen MR) is 95.3 cm³/mol. The van der Waals surface area contributed by atoms with Crippen LogP contribution in [0.3, 0.4) is 0 Å². The van der Waals surface area contributed by atoms with Gasteiger partial charge in [-0.3, -0.25) is 9.20 Å². The summed E-state index contributed by atoms with van der Waals surface area (Å²) in [5, 5.41) is 0. The topological polar surface area (TPSA) is 46.8 Å². The van der Waals surface area contributed by atoms with E-state index in [1.165, 1.54) is 0 Å². The minimum atomic E-state index is 0.0505. The normalized spacial score (nSPS) is 14.4. The highest BCUT2D eigenvalue weighted by Gasteiger charge is 2.18. The molecular weight excluding hydrogens is 314 g/mol. The Morgan fingerprint density at radius 1 is 1.08 bits per heavy atom. The first-order chi connectivity index (χ1) is 12.3. The number of imidazole rings is 1. The molecule has 5 nitrogen and oxygen atoms in total. The molecule has 25 heavy (non-hydrogen) atoms. The summed E-state index contributed by atoms with van der Waals surface area (Å²) in [6, 6.07) is 11.6. The number of ether oxygens (including phenoxy) is 1. The molecule has 3 aromatic rings. The zero-order valence-electron chi connectivity index (χ0n) is 13.7. The number of hydrogen-bond donors (Lipinski definition) is 0. The maximum absolute atomic E-state index is 12.5. The van der Waals surface area contributed by atoms with Crippen molar-refractivity contribution in [1.82, 2.24) is 14.3 Å². The van der Waals surface area contributed by atoms with Gasteiger partial charge in [0.15, 0.2) is 0 Å². The van der Waals surface area contributed by atoms with Crippen molar-refractivity contribution in [2.45, 2.75) is 0 Å². The number of fused-ring (bicyclic) bond motifs is 1. The van der Waals surface area contributed by atoms with E-state index in [1.807, 2.05) is 51.9 Å². The Hall–Kier alpha value is -3.10. The summed E-state index contributed by atoms with van der Waals surface area (Å²) in [4.78, 5) is 18.6. The third-order valence-corrected chi connectivity index (χ3v) is 4.42. The Bertz CT molecular complexity index is 961. The highest BCUT2D eigenvalue weighted by atomic mass is 16.5. The Morgan fingerprint density at radius 2 is 1.80 bits per heavy atom. The number of aromatic nitrogens is 2. The Morgan fingerprint density at radius 3 is 2.52 bits per heavy atom. The van der Waals surface area contributed by atoms with E-state index in [9.17, 15) is 4.79 Å². The molecule has 124 valence electrons. The van der Waals surface area contributed by atoms with Crippen molar-refractivity contribution in [3.05, 3.63) is 60.0 Å². The van der Waals surface area contributed by atoms with Gasteiger partial charge in [0.05, 0.1) is 19.4 Å². The molecule has 1 aliphatic heterocycles. The highest BCUT2D eigenvalue weighted by Crippen LogP contribution is 2.22. The SMILES string of the molecule is C#Cc1cnc2ccc(-c3ccc(C(=O)N4CCOCC4)cc3)cn12. The molecule has 0 radical (unpaired) electrons. The number of carbonyl (C=O) groups is 1. The lowest BCUT2D eigenvalue weighted by atomic mass is 10.0. The Labute approximate surface area is 145 Å². The fourth-order valence-electron chi connectivity index (χ4n) is 3.01. The van der Waals surface area contributed by atoms with Crippen LogP contribution in [0, 0.1) is 12.3 Å². The quantitative estimate of drug-likeness (QED) is 0.678. The number of terminal acetylenes is 1. The highest BCUT2D eigenvalue weighted by molar-refractivity contribution is 5.94. The fraction of sp³-hybridized carbons (Fsp3) is 0.200. The van der Waals surface area contributed by atoms with Crippen molar-refractivity contribution >= 4 is 11.6 Å². The second kappa shape index (κ2) is 6.42. The zero-order chi connectivity index (χ0) is 17.2. The molecule has 0 N–H and O–H groups in total. The first kappa shape index (κ1) is 15.4. The van der Waals surface area contributed by atoms with Crippen LogP contribution < -0.4 is 0 Å². The number of nitrogens with zero attached hydrogens (tertiary/aromatic N) is 3. The van der Waals surface area contributed by atoms with E-state index in [1.54, 1.807) is 6.20 Å². The van der Waals surface area contributed by atoms with Gasteiger partial charge in [-0.2, -0.15) is 0 Å². The van der Waals surface area contributed by atoms with Crippen LogP contribution in [0.2, 0.25) is 0 Å². The predicted octanol–water partition coefficient (Wildman–Crippen LogP) is 2.46. The van der Waals surface area contributed by atoms with Crippen LogP contribution in [0.5, 0.6) is 0 Å². The van der Waals surface area contributed by atoms with Crippen LogP contribution in [0.15, 0.2) is 48.8 Å². The van der Waals surface area contributed by atoms with Crippen LogP contribution in [0.4, 0.5) is 0 Å². The van der Waals surface area contributed by atoms with E-state index in [0.29, 0.717) is 31.9 Å². The van der Waals surface area contributed by atoms with Gasteiger partial charge in [-0.1, -0.05) is 18.1 Å². The van der Waals surface area contributed by atoms with Gasteiger partial charge in [0.1, 0.15) is 11.3 Å². The Kier molecular flexibility index (Phi) is 3.96. The average molecular weight is 331 g/mol. The van der Waals surface area contributed by atoms with Gasteiger partial charge >= 0.3 is 0 Å². The van der Waals surface area contributed by atoms with E-state index >= 15 is 0 Å². The van der Waals surface area contributed by atoms with Gasteiger partial charge in [-0.25, -0.2) is 4.98 Å². The number of hydrogen-bond acceptors (Lipinski definition) is 3. The number of morpholine rings is 1. The molecule has 0 saturated carbocycles. The standard InChI is InChI=1S/C20H17N3O2/c1-2-18-13-21-19-8-7-17(14-23(18)19)15-3-5-16(6-4-15)20(24)22-9-11-25-12-10-22/h1,3-8,13-14H,9-12H2. The maximum Gasteiger partial charge on any atom is 0.254 e. The van der Waals surface area contributed by atoms with E-state index in [4.69, 9.17) is 11.2 Å². The van der Waals surface area contributed by atoms with Gasteiger partial charge in [0, 0.05) is 24.8 Å². The van der Waals surface area contributed by atoms with Gasteiger partial charge in [0.25, 0.3) is 5.91 Å². The molecule has 5 heteroatoms. The molecule has 1 aliphatic rings. The number of amides is 1. The first-order valence-corrected chi connectivity index (χ1v) is 8.17. The lowest BCUT2D eigenvalue weighted by Gasteiger charge is -2.26. The van der Waals surface area contributed by atoms with Crippen molar-refractivity contribution in [1.29, 1.82) is 0 Å². The summed E-state index contributed by atoms with van der Waals surface area (Å²) in [5.74, 6) is 2.68. The van der Waals surface area contributed by atoms with Gasteiger partial charge in [-0.15, -0.1) is 6.42 Å². The van der Waals surface area contributed by atoms with E-state index in [-0.39, 0.29) is 5.91 Å². The smallest absolute Gasteiger partial charge is 0.254 e. The average Bonchev–Trinajstić information content (AvgIpc) is 3.10.